The van der Waals surface area contributed by atoms with Gasteiger partial charge in [-0.05, 0) is 36.4 Å². The Balaban J connectivity index is 1.97. The molecule has 0 unspecified atom stereocenters. The number of anilines is 1. The fraction of sp³-hybridized carbons (Fsp3) is 0.188. The predicted molar refractivity (Wildman–Crippen MR) is 86.1 cm³/mol. The fourth-order valence-electron chi connectivity index (χ4n) is 2.38. The van der Waals surface area contributed by atoms with Gasteiger partial charge in [0.15, 0.2) is 0 Å². The summed E-state index contributed by atoms with van der Waals surface area (Å²) in [6, 6.07) is 6.27. The van der Waals surface area contributed by atoms with Gasteiger partial charge in [0.1, 0.15) is 28.9 Å². The van der Waals surface area contributed by atoms with Gasteiger partial charge in [-0.2, -0.15) is 0 Å². The van der Waals surface area contributed by atoms with Crippen LogP contribution in [0, 0.1) is 11.6 Å². The Labute approximate surface area is 143 Å². The molecular formula is C16H14F2N2O4S. The first kappa shape index (κ1) is 17.2. The van der Waals surface area contributed by atoms with Crippen molar-refractivity contribution in [2.24, 2.45) is 0 Å². The van der Waals surface area contributed by atoms with Crippen LogP contribution in [0.5, 0.6) is 5.75 Å². The number of halogens is 2. The van der Waals surface area contributed by atoms with Gasteiger partial charge in [-0.25, -0.2) is 17.2 Å². The maximum absolute atomic E-state index is 13.7. The molecule has 2 aromatic carbocycles. The minimum absolute atomic E-state index is 0.0367. The summed E-state index contributed by atoms with van der Waals surface area (Å²) in [5.74, 6) is -1.96. The second kappa shape index (κ2) is 6.32. The molecule has 0 atom stereocenters. The number of carbonyl (C=O) groups excluding carboxylic acids is 1. The number of rotatable bonds is 3. The molecule has 0 radical (unpaired) electrons. The van der Waals surface area contributed by atoms with Crippen LogP contribution < -0.4 is 9.46 Å². The molecule has 132 valence electrons. The first-order chi connectivity index (χ1) is 11.8. The van der Waals surface area contributed by atoms with Gasteiger partial charge in [-0.1, -0.05) is 0 Å². The van der Waals surface area contributed by atoms with Crippen molar-refractivity contribution in [1.82, 2.24) is 4.90 Å². The number of amides is 1. The molecule has 1 heterocycles. The number of likely N-dealkylation sites (N-methyl/N-ethyl adjacent to an activating group) is 1. The third-order valence-corrected chi connectivity index (χ3v) is 5.07. The zero-order chi connectivity index (χ0) is 18.2. The van der Waals surface area contributed by atoms with Gasteiger partial charge in [0.05, 0.1) is 12.1 Å². The highest BCUT2D eigenvalue weighted by Crippen LogP contribution is 2.28. The lowest BCUT2D eigenvalue weighted by molar-refractivity contribution is 0.0796. The SMILES string of the molecule is CN1CCOc2ccc(NS(=O)(=O)c3cc(F)ccc3F)cc2C1=O. The van der Waals surface area contributed by atoms with Crippen molar-refractivity contribution in [3.05, 3.63) is 53.6 Å². The minimum atomic E-state index is -4.36. The number of carbonyl (C=O) groups is 1. The molecule has 0 bridgehead atoms. The van der Waals surface area contributed by atoms with Crippen molar-refractivity contribution < 1.29 is 26.7 Å². The van der Waals surface area contributed by atoms with Gasteiger partial charge in [-0.3, -0.25) is 9.52 Å². The molecule has 0 aliphatic carbocycles. The summed E-state index contributed by atoms with van der Waals surface area (Å²) in [4.78, 5) is 12.9. The summed E-state index contributed by atoms with van der Waals surface area (Å²) in [7, 11) is -2.77. The number of hydrogen-bond acceptors (Lipinski definition) is 4. The molecular weight excluding hydrogens is 354 g/mol. The fourth-order valence-corrected chi connectivity index (χ4v) is 3.52. The highest BCUT2D eigenvalue weighted by molar-refractivity contribution is 7.92. The van der Waals surface area contributed by atoms with Crippen molar-refractivity contribution in [2.45, 2.75) is 4.90 Å². The van der Waals surface area contributed by atoms with Crippen molar-refractivity contribution in [3.63, 3.8) is 0 Å². The molecule has 1 amide bonds. The molecule has 1 N–H and O–H groups in total. The lowest BCUT2D eigenvalue weighted by Crippen LogP contribution is -2.27. The lowest BCUT2D eigenvalue weighted by atomic mass is 10.1. The van der Waals surface area contributed by atoms with Crippen LogP contribution in [0.25, 0.3) is 0 Å². The molecule has 0 saturated heterocycles. The Morgan fingerprint density at radius 1 is 1.16 bits per heavy atom. The predicted octanol–water partition coefficient (Wildman–Crippen LogP) is 2.23. The number of ether oxygens (including phenoxy) is 1. The molecule has 0 saturated carbocycles. The van der Waals surface area contributed by atoms with Crippen molar-refractivity contribution in [2.75, 3.05) is 24.9 Å². The van der Waals surface area contributed by atoms with E-state index in [-0.39, 0.29) is 17.2 Å². The zero-order valence-corrected chi connectivity index (χ0v) is 13.9. The van der Waals surface area contributed by atoms with Crippen LogP contribution in [0.3, 0.4) is 0 Å². The minimum Gasteiger partial charge on any atom is -0.491 e. The number of fused-ring (bicyclic) bond motifs is 1. The molecule has 0 fully saturated rings. The Hall–Kier alpha value is -2.68. The van der Waals surface area contributed by atoms with Crippen LogP contribution in [0.4, 0.5) is 14.5 Å². The second-order valence-corrected chi connectivity index (χ2v) is 7.12. The smallest absolute Gasteiger partial charge is 0.264 e. The first-order valence-electron chi connectivity index (χ1n) is 7.28. The number of hydrogen-bond donors (Lipinski definition) is 1. The third-order valence-electron chi connectivity index (χ3n) is 3.68. The highest BCUT2D eigenvalue weighted by Gasteiger charge is 2.24. The molecule has 2 aromatic rings. The van der Waals surface area contributed by atoms with E-state index in [1.165, 1.54) is 23.1 Å². The average Bonchev–Trinajstić information content (AvgIpc) is 2.69. The average molecular weight is 368 g/mol. The summed E-state index contributed by atoms with van der Waals surface area (Å²) < 4.78 is 59.2. The Bertz CT molecular complexity index is 947. The van der Waals surface area contributed by atoms with E-state index in [1.807, 2.05) is 0 Å². The van der Waals surface area contributed by atoms with Gasteiger partial charge in [0.2, 0.25) is 0 Å². The lowest BCUT2D eigenvalue weighted by Gasteiger charge is -2.14. The van der Waals surface area contributed by atoms with Gasteiger partial charge in [0, 0.05) is 12.7 Å². The number of benzene rings is 2. The van der Waals surface area contributed by atoms with E-state index in [9.17, 15) is 22.0 Å². The monoisotopic (exact) mass is 368 g/mol. The Kier molecular flexibility index (Phi) is 4.34. The van der Waals surface area contributed by atoms with Crippen molar-refractivity contribution >= 4 is 21.6 Å². The zero-order valence-electron chi connectivity index (χ0n) is 13.1. The van der Waals surface area contributed by atoms with Crippen LogP contribution in [0.2, 0.25) is 0 Å². The standard InChI is InChI=1S/C16H14F2N2O4S/c1-20-6-7-24-14-5-3-11(9-12(14)16(20)21)19-25(22,23)15-8-10(17)2-4-13(15)18/h2-5,8-9,19H,6-7H2,1H3. The largest absolute Gasteiger partial charge is 0.491 e. The number of nitrogens with one attached hydrogen (secondary N) is 1. The van der Waals surface area contributed by atoms with E-state index in [1.54, 1.807) is 7.05 Å². The summed E-state index contributed by atoms with van der Waals surface area (Å²) in [5.41, 5.74) is 0.217. The molecule has 6 nitrogen and oxygen atoms in total. The van der Waals surface area contributed by atoms with E-state index in [4.69, 9.17) is 4.74 Å². The van der Waals surface area contributed by atoms with E-state index in [0.717, 1.165) is 12.1 Å². The van der Waals surface area contributed by atoms with Crippen molar-refractivity contribution in [1.29, 1.82) is 0 Å². The summed E-state index contributed by atoms with van der Waals surface area (Å²) >= 11 is 0. The van der Waals surface area contributed by atoms with Crippen LogP contribution in [0.1, 0.15) is 10.4 Å². The highest BCUT2D eigenvalue weighted by atomic mass is 32.2. The van der Waals surface area contributed by atoms with Crippen LogP contribution in [-0.4, -0.2) is 39.4 Å². The Morgan fingerprint density at radius 2 is 1.92 bits per heavy atom. The Morgan fingerprint density at radius 3 is 2.68 bits per heavy atom. The topological polar surface area (TPSA) is 75.7 Å². The van der Waals surface area contributed by atoms with Crippen molar-refractivity contribution in [3.8, 4) is 5.75 Å². The van der Waals surface area contributed by atoms with Crippen LogP contribution >= 0.6 is 0 Å². The molecule has 0 aromatic heterocycles. The van der Waals surface area contributed by atoms with Crippen LogP contribution in [0.15, 0.2) is 41.3 Å². The van der Waals surface area contributed by atoms with E-state index >= 15 is 0 Å². The summed E-state index contributed by atoms with van der Waals surface area (Å²) in [5, 5.41) is 0. The van der Waals surface area contributed by atoms with E-state index in [0.29, 0.717) is 25.0 Å². The number of nitrogens with zero attached hydrogens (tertiary/aromatic N) is 1. The third kappa shape index (κ3) is 3.41. The van der Waals surface area contributed by atoms with E-state index in [2.05, 4.69) is 4.72 Å². The molecule has 1 aliphatic rings. The quantitative estimate of drug-likeness (QED) is 0.902. The maximum Gasteiger partial charge on any atom is 0.264 e. The van der Waals surface area contributed by atoms with Gasteiger partial charge in [-0.15, -0.1) is 0 Å². The normalized spacial score (nSPS) is 14.5. The second-order valence-electron chi connectivity index (χ2n) is 5.47. The van der Waals surface area contributed by atoms with Gasteiger partial charge >= 0.3 is 0 Å². The van der Waals surface area contributed by atoms with Gasteiger partial charge in [0.25, 0.3) is 15.9 Å². The van der Waals surface area contributed by atoms with Gasteiger partial charge < -0.3 is 9.64 Å². The van der Waals surface area contributed by atoms with E-state index < -0.39 is 26.6 Å². The maximum atomic E-state index is 13.7. The molecule has 0 spiro atoms. The number of sulfonamides is 1. The molecule has 3 rings (SSSR count). The van der Waals surface area contributed by atoms with Crippen LogP contribution in [-0.2, 0) is 10.0 Å². The summed E-state index contributed by atoms with van der Waals surface area (Å²) in [6.45, 7) is 0.706. The summed E-state index contributed by atoms with van der Waals surface area (Å²) in [6.07, 6.45) is 0. The molecule has 9 heteroatoms. The molecule has 25 heavy (non-hydrogen) atoms. The molecule has 1 aliphatic heterocycles. The first-order valence-corrected chi connectivity index (χ1v) is 8.76.